The van der Waals surface area contributed by atoms with Gasteiger partial charge in [-0.2, -0.15) is 0 Å². The molecule has 1 amide bonds. The van der Waals surface area contributed by atoms with Crippen molar-refractivity contribution in [2.75, 3.05) is 6.54 Å². The lowest BCUT2D eigenvalue weighted by atomic mass is 10.1. The SMILES string of the molecule is Cc1oncc1C(=O)NCC(O)CC(C)C. The third kappa shape index (κ3) is 3.66. The minimum atomic E-state index is -0.510. The highest BCUT2D eigenvalue weighted by atomic mass is 16.5. The molecule has 0 saturated carbocycles. The predicted octanol–water partition coefficient (Wildman–Crippen LogP) is 1.12. The predicted molar refractivity (Wildman–Crippen MR) is 59.0 cm³/mol. The number of carbonyl (C=O) groups is 1. The number of amides is 1. The lowest BCUT2D eigenvalue weighted by Gasteiger charge is -2.13. The molecule has 5 nitrogen and oxygen atoms in total. The Hall–Kier alpha value is -1.36. The molecule has 0 aliphatic rings. The minimum absolute atomic E-state index is 0.252. The first-order valence-electron chi connectivity index (χ1n) is 5.38. The Kier molecular flexibility index (Phi) is 4.49. The summed E-state index contributed by atoms with van der Waals surface area (Å²) in [5, 5.41) is 15.7. The van der Waals surface area contributed by atoms with Crippen LogP contribution < -0.4 is 5.32 Å². The highest BCUT2D eigenvalue weighted by Gasteiger charge is 2.14. The van der Waals surface area contributed by atoms with Gasteiger partial charge < -0.3 is 14.9 Å². The first kappa shape index (κ1) is 12.7. The van der Waals surface area contributed by atoms with Crippen LogP contribution in [-0.4, -0.2) is 28.8 Å². The van der Waals surface area contributed by atoms with Crippen LogP contribution in [0.3, 0.4) is 0 Å². The Balaban J connectivity index is 2.39. The number of hydrogen-bond donors (Lipinski definition) is 2. The van der Waals surface area contributed by atoms with Crippen LogP contribution in [0.25, 0.3) is 0 Å². The van der Waals surface area contributed by atoms with Gasteiger partial charge in [-0.1, -0.05) is 19.0 Å². The van der Waals surface area contributed by atoms with Crippen LogP contribution in [0.5, 0.6) is 0 Å². The Morgan fingerprint density at radius 1 is 1.62 bits per heavy atom. The molecule has 0 radical (unpaired) electrons. The van der Waals surface area contributed by atoms with Crippen LogP contribution in [0.15, 0.2) is 10.7 Å². The van der Waals surface area contributed by atoms with E-state index in [1.165, 1.54) is 6.20 Å². The summed E-state index contributed by atoms with van der Waals surface area (Å²) in [6.07, 6.45) is 1.53. The third-order valence-electron chi connectivity index (χ3n) is 2.24. The first-order valence-corrected chi connectivity index (χ1v) is 5.38. The van der Waals surface area contributed by atoms with Gasteiger partial charge in [0.2, 0.25) is 0 Å². The fourth-order valence-corrected chi connectivity index (χ4v) is 1.45. The van der Waals surface area contributed by atoms with E-state index in [9.17, 15) is 9.90 Å². The molecular weight excluding hydrogens is 208 g/mol. The van der Waals surface area contributed by atoms with E-state index < -0.39 is 6.10 Å². The van der Waals surface area contributed by atoms with E-state index in [1.807, 2.05) is 13.8 Å². The largest absolute Gasteiger partial charge is 0.391 e. The lowest BCUT2D eigenvalue weighted by Crippen LogP contribution is -2.32. The second kappa shape index (κ2) is 5.65. The molecule has 0 aliphatic carbocycles. The highest BCUT2D eigenvalue weighted by Crippen LogP contribution is 2.06. The number of aryl methyl sites for hydroxylation is 1. The minimum Gasteiger partial charge on any atom is -0.391 e. The van der Waals surface area contributed by atoms with Gasteiger partial charge in [0, 0.05) is 6.54 Å². The van der Waals surface area contributed by atoms with Crippen molar-refractivity contribution in [1.29, 1.82) is 0 Å². The van der Waals surface area contributed by atoms with Crippen molar-refractivity contribution >= 4 is 5.91 Å². The topological polar surface area (TPSA) is 75.4 Å². The van der Waals surface area contributed by atoms with E-state index in [0.29, 0.717) is 23.7 Å². The fraction of sp³-hybridized carbons (Fsp3) is 0.636. The van der Waals surface area contributed by atoms with E-state index in [2.05, 4.69) is 10.5 Å². The van der Waals surface area contributed by atoms with Gasteiger partial charge in [-0.15, -0.1) is 0 Å². The van der Waals surface area contributed by atoms with Crippen molar-refractivity contribution in [3.8, 4) is 0 Å². The number of aromatic nitrogens is 1. The number of hydrogen-bond acceptors (Lipinski definition) is 4. The van der Waals surface area contributed by atoms with Gasteiger partial charge in [0.05, 0.1) is 12.3 Å². The Morgan fingerprint density at radius 2 is 2.31 bits per heavy atom. The summed E-state index contributed by atoms with van der Waals surface area (Å²) in [5.74, 6) is 0.627. The Labute approximate surface area is 94.8 Å². The van der Waals surface area contributed by atoms with Gasteiger partial charge >= 0.3 is 0 Å². The molecule has 0 aliphatic heterocycles. The van der Waals surface area contributed by atoms with Gasteiger partial charge in [0.1, 0.15) is 11.3 Å². The quantitative estimate of drug-likeness (QED) is 0.789. The van der Waals surface area contributed by atoms with Gasteiger partial charge in [-0.05, 0) is 19.3 Å². The van der Waals surface area contributed by atoms with Crippen molar-refractivity contribution in [2.45, 2.75) is 33.3 Å². The van der Waals surface area contributed by atoms with Gasteiger partial charge in [-0.25, -0.2) is 0 Å². The standard InChI is InChI=1S/C11H18N2O3/c1-7(2)4-9(14)5-12-11(15)10-6-13-16-8(10)3/h6-7,9,14H,4-5H2,1-3H3,(H,12,15). The molecule has 5 heteroatoms. The van der Waals surface area contributed by atoms with Crippen LogP contribution >= 0.6 is 0 Å². The number of aliphatic hydroxyl groups is 1. The molecule has 16 heavy (non-hydrogen) atoms. The summed E-state index contributed by atoms with van der Waals surface area (Å²) >= 11 is 0. The van der Waals surface area contributed by atoms with Gasteiger partial charge in [0.15, 0.2) is 0 Å². The molecule has 1 aromatic rings. The second-order valence-corrected chi connectivity index (χ2v) is 4.29. The van der Waals surface area contributed by atoms with E-state index >= 15 is 0 Å². The second-order valence-electron chi connectivity index (χ2n) is 4.29. The summed E-state index contributed by atoms with van der Waals surface area (Å²) in [5.41, 5.74) is 0.414. The summed E-state index contributed by atoms with van der Waals surface area (Å²) in [6.45, 7) is 5.97. The van der Waals surface area contributed by atoms with Crippen molar-refractivity contribution < 1.29 is 14.4 Å². The zero-order chi connectivity index (χ0) is 12.1. The summed E-state index contributed by atoms with van der Waals surface area (Å²) < 4.78 is 4.78. The molecule has 90 valence electrons. The molecule has 1 atom stereocenters. The average molecular weight is 226 g/mol. The monoisotopic (exact) mass is 226 g/mol. The molecule has 0 bridgehead atoms. The molecule has 1 heterocycles. The molecule has 0 fully saturated rings. The average Bonchev–Trinajstić information content (AvgIpc) is 2.60. The molecule has 1 aromatic heterocycles. The molecule has 0 spiro atoms. The maximum Gasteiger partial charge on any atom is 0.256 e. The summed E-state index contributed by atoms with van der Waals surface area (Å²) in [7, 11) is 0. The summed E-state index contributed by atoms with van der Waals surface area (Å²) in [4.78, 5) is 11.6. The molecule has 1 rings (SSSR count). The van der Waals surface area contributed by atoms with E-state index in [0.717, 1.165) is 0 Å². The highest BCUT2D eigenvalue weighted by molar-refractivity contribution is 5.94. The van der Waals surface area contributed by atoms with Crippen LogP contribution in [0.1, 0.15) is 36.4 Å². The van der Waals surface area contributed by atoms with Gasteiger partial charge in [-0.3, -0.25) is 4.79 Å². The van der Waals surface area contributed by atoms with Crippen LogP contribution in [-0.2, 0) is 0 Å². The molecule has 0 saturated heterocycles. The third-order valence-corrected chi connectivity index (χ3v) is 2.24. The van der Waals surface area contributed by atoms with Crippen molar-refractivity contribution in [2.24, 2.45) is 5.92 Å². The van der Waals surface area contributed by atoms with Crippen LogP contribution in [0.2, 0.25) is 0 Å². The van der Waals surface area contributed by atoms with Crippen LogP contribution in [0.4, 0.5) is 0 Å². The zero-order valence-corrected chi connectivity index (χ0v) is 9.86. The molecule has 2 N–H and O–H groups in total. The maximum atomic E-state index is 11.6. The Bertz CT molecular complexity index is 347. The zero-order valence-electron chi connectivity index (χ0n) is 9.86. The van der Waals surface area contributed by atoms with E-state index in [-0.39, 0.29) is 12.5 Å². The molecule has 0 aromatic carbocycles. The smallest absolute Gasteiger partial charge is 0.256 e. The molecule has 1 unspecified atom stereocenters. The molecular formula is C11H18N2O3. The number of nitrogens with zero attached hydrogens (tertiary/aromatic N) is 1. The number of aliphatic hydroxyl groups excluding tert-OH is 1. The number of carbonyl (C=O) groups excluding carboxylic acids is 1. The van der Waals surface area contributed by atoms with Crippen molar-refractivity contribution in [3.05, 3.63) is 17.5 Å². The van der Waals surface area contributed by atoms with E-state index in [4.69, 9.17) is 4.52 Å². The Morgan fingerprint density at radius 3 is 2.81 bits per heavy atom. The van der Waals surface area contributed by atoms with Crippen LogP contribution in [0, 0.1) is 12.8 Å². The summed E-state index contributed by atoms with van der Waals surface area (Å²) in [6, 6.07) is 0. The van der Waals surface area contributed by atoms with Gasteiger partial charge in [0.25, 0.3) is 5.91 Å². The first-order chi connectivity index (χ1) is 7.50. The normalized spacial score (nSPS) is 12.8. The van der Waals surface area contributed by atoms with Crippen molar-refractivity contribution in [3.63, 3.8) is 0 Å². The number of rotatable bonds is 5. The maximum absolute atomic E-state index is 11.6. The van der Waals surface area contributed by atoms with Crippen molar-refractivity contribution in [1.82, 2.24) is 10.5 Å². The fourth-order valence-electron chi connectivity index (χ4n) is 1.45. The lowest BCUT2D eigenvalue weighted by molar-refractivity contribution is 0.0899. The number of nitrogens with one attached hydrogen (secondary N) is 1. The van der Waals surface area contributed by atoms with E-state index in [1.54, 1.807) is 6.92 Å².